The van der Waals surface area contributed by atoms with Crippen molar-refractivity contribution in [2.24, 2.45) is 0 Å². The van der Waals surface area contributed by atoms with Crippen molar-refractivity contribution in [1.29, 1.82) is 0 Å². The highest BCUT2D eigenvalue weighted by Gasteiger charge is 2.41. The third kappa shape index (κ3) is 3.60. The van der Waals surface area contributed by atoms with E-state index in [1.807, 2.05) is 6.92 Å². The van der Waals surface area contributed by atoms with Crippen LogP contribution in [0.3, 0.4) is 0 Å². The molecule has 1 heterocycles. The zero-order chi connectivity index (χ0) is 15.3. The highest BCUT2D eigenvalue weighted by atomic mass is 19.1. The number of halogens is 1. The topological polar surface area (TPSA) is 41.6 Å². The fourth-order valence-corrected chi connectivity index (χ4v) is 2.77. The number of hydrogen-bond acceptors (Lipinski definition) is 4. The first kappa shape index (κ1) is 15.9. The summed E-state index contributed by atoms with van der Waals surface area (Å²) in [5.74, 6) is -0.557. The van der Waals surface area contributed by atoms with Gasteiger partial charge >= 0.3 is 5.97 Å². The largest absolute Gasteiger partial charge is 0.465 e. The third-order valence-electron chi connectivity index (χ3n) is 4.02. The molecule has 0 amide bonds. The molecule has 1 saturated heterocycles. The van der Waals surface area contributed by atoms with Crippen molar-refractivity contribution >= 4 is 5.97 Å². The maximum atomic E-state index is 14.0. The van der Waals surface area contributed by atoms with E-state index < -0.39 is 5.54 Å². The Hall–Kier alpha value is -1.46. The first-order chi connectivity index (χ1) is 10.1. The Bertz CT molecular complexity index is 489. The second-order valence-corrected chi connectivity index (χ2v) is 5.50. The van der Waals surface area contributed by atoms with E-state index in [0.717, 1.165) is 26.2 Å². The van der Waals surface area contributed by atoms with Gasteiger partial charge in [-0.3, -0.25) is 9.69 Å². The molecule has 21 heavy (non-hydrogen) atoms. The van der Waals surface area contributed by atoms with Crippen molar-refractivity contribution in [3.63, 3.8) is 0 Å². The van der Waals surface area contributed by atoms with E-state index in [1.165, 1.54) is 6.07 Å². The molecule has 116 valence electrons. The SMILES string of the molecule is CCOC(=O)C(C)(Cc1ccccc1F)N1CCNCC1. The van der Waals surface area contributed by atoms with Crippen LogP contribution in [-0.2, 0) is 16.0 Å². The van der Waals surface area contributed by atoms with Gasteiger partial charge in [-0.15, -0.1) is 0 Å². The van der Waals surface area contributed by atoms with Gasteiger partial charge in [0, 0.05) is 32.6 Å². The van der Waals surface area contributed by atoms with Gasteiger partial charge in [-0.1, -0.05) is 18.2 Å². The summed E-state index contributed by atoms with van der Waals surface area (Å²) in [6.07, 6.45) is 0.318. The van der Waals surface area contributed by atoms with Crippen LogP contribution in [0.5, 0.6) is 0 Å². The standard InChI is InChI=1S/C16H23FN2O2/c1-3-21-15(20)16(2,19-10-8-18-9-11-19)12-13-6-4-5-7-14(13)17/h4-7,18H,3,8-12H2,1-2H3. The lowest BCUT2D eigenvalue weighted by Gasteiger charge is -2.41. The average Bonchev–Trinajstić information content (AvgIpc) is 2.50. The average molecular weight is 294 g/mol. The van der Waals surface area contributed by atoms with Gasteiger partial charge in [0.15, 0.2) is 0 Å². The van der Waals surface area contributed by atoms with Crippen molar-refractivity contribution in [2.75, 3.05) is 32.8 Å². The molecule has 2 rings (SSSR count). The third-order valence-corrected chi connectivity index (χ3v) is 4.02. The number of nitrogens with one attached hydrogen (secondary N) is 1. The minimum absolute atomic E-state index is 0.275. The van der Waals surface area contributed by atoms with Crippen LogP contribution in [0.4, 0.5) is 4.39 Å². The molecule has 1 fully saturated rings. The van der Waals surface area contributed by atoms with Crippen molar-refractivity contribution in [2.45, 2.75) is 25.8 Å². The molecule has 0 radical (unpaired) electrons. The van der Waals surface area contributed by atoms with Crippen LogP contribution in [0.2, 0.25) is 0 Å². The van der Waals surface area contributed by atoms with Crippen LogP contribution in [0.15, 0.2) is 24.3 Å². The molecular formula is C16H23FN2O2. The molecule has 5 heteroatoms. The van der Waals surface area contributed by atoms with Gasteiger partial charge in [-0.05, 0) is 25.5 Å². The molecule has 1 aliphatic rings. The second-order valence-electron chi connectivity index (χ2n) is 5.50. The van der Waals surface area contributed by atoms with Gasteiger partial charge < -0.3 is 10.1 Å². The summed E-state index contributed by atoms with van der Waals surface area (Å²) < 4.78 is 19.2. The molecule has 4 nitrogen and oxygen atoms in total. The number of piperazine rings is 1. The number of carbonyl (C=O) groups excluding carboxylic acids is 1. The minimum Gasteiger partial charge on any atom is -0.465 e. The Balaban J connectivity index is 2.26. The normalized spacial score (nSPS) is 19.0. The molecule has 1 N–H and O–H groups in total. The predicted octanol–water partition coefficient (Wildman–Crippen LogP) is 1.60. The summed E-state index contributed by atoms with van der Waals surface area (Å²) in [4.78, 5) is 14.6. The Kier molecular flexibility index (Phi) is 5.31. The van der Waals surface area contributed by atoms with Crippen molar-refractivity contribution < 1.29 is 13.9 Å². The van der Waals surface area contributed by atoms with E-state index in [4.69, 9.17) is 4.74 Å². The Morgan fingerprint density at radius 1 is 1.38 bits per heavy atom. The number of rotatable bonds is 5. The minimum atomic E-state index is -0.833. The summed E-state index contributed by atoms with van der Waals surface area (Å²) in [6.45, 7) is 7.13. The summed E-state index contributed by atoms with van der Waals surface area (Å²) >= 11 is 0. The van der Waals surface area contributed by atoms with Crippen LogP contribution < -0.4 is 5.32 Å². The summed E-state index contributed by atoms with van der Waals surface area (Å²) in [5.41, 5.74) is -0.285. The van der Waals surface area contributed by atoms with E-state index in [0.29, 0.717) is 18.6 Å². The highest BCUT2D eigenvalue weighted by Crippen LogP contribution is 2.25. The van der Waals surface area contributed by atoms with E-state index in [9.17, 15) is 9.18 Å². The molecule has 0 aliphatic carbocycles. The quantitative estimate of drug-likeness (QED) is 0.838. The molecule has 0 spiro atoms. The number of esters is 1. The first-order valence-corrected chi connectivity index (χ1v) is 7.44. The Labute approximate surface area is 125 Å². The zero-order valence-corrected chi connectivity index (χ0v) is 12.7. The van der Waals surface area contributed by atoms with Gasteiger partial charge in [-0.25, -0.2) is 4.39 Å². The molecular weight excluding hydrogens is 271 g/mol. The van der Waals surface area contributed by atoms with E-state index >= 15 is 0 Å². The van der Waals surface area contributed by atoms with E-state index in [1.54, 1.807) is 25.1 Å². The molecule has 0 aromatic heterocycles. The van der Waals surface area contributed by atoms with Crippen LogP contribution in [0.25, 0.3) is 0 Å². The van der Waals surface area contributed by atoms with Crippen molar-refractivity contribution in [3.05, 3.63) is 35.6 Å². The fraction of sp³-hybridized carbons (Fsp3) is 0.562. The van der Waals surface area contributed by atoms with Gasteiger partial charge in [0.1, 0.15) is 11.4 Å². The van der Waals surface area contributed by atoms with Crippen LogP contribution in [0, 0.1) is 5.82 Å². The van der Waals surface area contributed by atoms with Gasteiger partial charge in [0.2, 0.25) is 0 Å². The number of carbonyl (C=O) groups is 1. The summed E-state index contributed by atoms with van der Waals surface area (Å²) in [5, 5.41) is 3.27. The van der Waals surface area contributed by atoms with E-state index in [-0.39, 0.29) is 11.8 Å². The summed E-state index contributed by atoms with van der Waals surface area (Å²) in [7, 11) is 0. The molecule has 1 aliphatic heterocycles. The van der Waals surface area contributed by atoms with Crippen molar-refractivity contribution in [3.8, 4) is 0 Å². The smallest absolute Gasteiger partial charge is 0.326 e. The van der Waals surface area contributed by atoms with Gasteiger partial charge in [-0.2, -0.15) is 0 Å². The first-order valence-electron chi connectivity index (χ1n) is 7.44. The number of benzene rings is 1. The number of ether oxygens (including phenoxy) is 1. The number of nitrogens with zero attached hydrogens (tertiary/aromatic N) is 1. The maximum Gasteiger partial charge on any atom is 0.326 e. The van der Waals surface area contributed by atoms with Crippen LogP contribution in [0.1, 0.15) is 19.4 Å². The van der Waals surface area contributed by atoms with Crippen molar-refractivity contribution in [1.82, 2.24) is 10.2 Å². The lowest BCUT2D eigenvalue weighted by atomic mass is 9.90. The fourth-order valence-electron chi connectivity index (χ4n) is 2.77. The van der Waals surface area contributed by atoms with Gasteiger partial charge in [0.05, 0.1) is 6.61 Å². The molecule has 0 saturated carbocycles. The molecule has 1 aromatic rings. The lowest BCUT2D eigenvalue weighted by Crippen LogP contribution is -2.60. The van der Waals surface area contributed by atoms with Crippen LogP contribution >= 0.6 is 0 Å². The molecule has 1 unspecified atom stereocenters. The van der Waals surface area contributed by atoms with Crippen LogP contribution in [-0.4, -0.2) is 49.2 Å². The zero-order valence-electron chi connectivity index (χ0n) is 12.7. The summed E-state index contributed by atoms with van der Waals surface area (Å²) in [6, 6.07) is 6.61. The highest BCUT2D eigenvalue weighted by molar-refractivity contribution is 5.81. The monoisotopic (exact) mass is 294 g/mol. The Morgan fingerprint density at radius 2 is 2.05 bits per heavy atom. The Morgan fingerprint density at radius 3 is 2.67 bits per heavy atom. The number of hydrogen-bond donors (Lipinski definition) is 1. The van der Waals surface area contributed by atoms with E-state index in [2.05, 4.69) is 10.2 Å². The molecule has 0 bridgehead atoms. The molecule has 1 aromatic carbocycles. The predicted molar refractivity (Wildman–Crippen MR) is 79.6 cm³/mol. The lowest BCUT2D eigenvalue weighted by molar-refractivity contribution is -0.157. The van der Waals surface area contributed by atoms with Gasteiger partial charge in [0.25, 0.3) is 0 Å². The second kappa shape index (κ2) is 7.00. The molecule has 1 atom stereocenters. The maximum absolute atomic E-state index is 14.0.